The summed E-state index contributed by atoms with van der Waals surface area (Å²) in [5, 5.41) is 2.43. The predicted molar refractivity (Wildman–Crippen MR) is 86.4 cm³/mol. The van der Waals surface area contributed by atoms with Crippen LogP contribution in [0.5, 0.6) is 5.75 Å². The van der Waals surface area contributed by atoms with Gasteiger partial charge < -0.3 is 19.5 Å². The number of carbonyl (C=O) groups is 2. The molecule has 1 N–H and O–H groups in total. The van der Waals surface area contributed by atoms with Crippen LogP contribution in [0.3, 0.4) is 0 Å². The van der Waals surface area contributed by atoms with E-state index in [2.05, 4.69) is 5.32 Å². The standard InChI is InChI=1S/C17H24FNO5/c1-6-23-15(20)14(19-16(21)24-17(2,3)4)10-11-9-12(22-5)7-8-13(11)18/h7-9,14H,6,10H2,1-5H3,(H,19,21). The van der Waals surface area contributed by atoms with Crippen molar-refractivity contribution < 1.29 is 28.2 Å². The Morgan fingerprint density at radius 3 is 2.50 bits per heavy atom. The third kappa shape index (κ3) is 6.44. The number of carbonyl (C=O) groups excluding carboxylic acids is 2. The molecule has 1 unspecified atom stereocenters. The fraction of sp³-hybridized carbons (Fsp3) is 0.529. The largest absolute Gasteiger partial charge is 0.497 e. The molecule has 0 saturated heterocycles. The summed E-state index contributed by atoms with van der Waals surface area (Å²) in [5.74, 6) is -0.715. The topological polar surface area (TPSA) is 73.9 Å². The van der Waals surface area contributed by atoms with E-state index < -0.39 is 29.5 Å². The Kier molecular flexibility index (Phi) is 7.00. The zero-order chi connectivity index (χ0) is 18.3. The number of alkyl carbamates (subject to hydrolysis) is 1. The maximum atomic E-state index is 14.0. The normalized spacial score (nSPS) is 12.2. The van der Waals surface area contributed by atoms with Crippen molar-refractivity contribution in [3.63, 3.8) is 0 Å². The van der Waals surface area contributed by atoms with Crippen molar-refractivity contribution in [1.29, 1.82) is 0 Å². The minimum Gasteiger partial charge on any atom is -0.497 e. The van der Waals surface area contributed by atoms with E-state index in [0.717, 1.165) is 0 Å². The first-order valence-corrected chi connectivity index (χ1v) is 7.64. The lowest BCUT2D eigenvalue weighted by atomic mass is 10.0. The second kappa shape index (κ2) is 8.52. The molecule has 1 rings (SSSR count). The van der Waals surface area contributed by atoms with E-state index in [1.165, 1.54) is 25.3 Å². The number of methoxy groups -OCH3 is 1. The summed E-state index contributed by atoms with van der Waals surface area (Å²) in [5.41, 5.74) is -0.492. The minimum absolute atomic E-state index is 0.0822. The predicted octanol–water partition coefficient (Wildman–Crippen LogP) is 2.83. The van der Waals surface area contributed by atoms with Gasteiger partial charge in [-0.3, -0.25) is 0 Å². The fourth-order valence-electron chi connectivity index (χ4n) is 1.94. The highest BCUT2D eigenvalue weighted by Crippen LogP contribution is 2.18. The van der Waals surface area contributed by atoms with E-state index in [-0.39, 0.29) is 18.6 Å². The highest BCUT2D eigenvalue weighted by Gasteiger charge is 2.26. The fourth-order valence-corrected chi connectivity index (χ4v) is 1.94. The van der Waals surface area contributed by atoms with Crippen molar-refractivity contribution >= 4 is 12.1 Å². The van der Waals surface area contributed by atoms with Gasteiger partial charge >= 0.3 is 12.1 Å². The van der Waals surface area contributed by atoms with Crippen LogP contribution in [0.4, 0.5) is 9.18 Å². The number of ether oxygens (including phenoxy) is 3. The van der Waals surface area contributed by atoms with Crippen molar-refractivity contribution in [2.75, 3.05) is 13.7 Å². The minimum atomic E-state index is -1.07. The zero-order valence-electron chi connectivity index (χ0n) is 14.6. The number of nitrogens with one attached hydrogen (secondary N) is 1. The smallest absolute Gasteiger partial charge is 0.408 e. The van der Waals surface area contributed by atoms with Gasteiger partial charge in [-0.2, -0.15) is 0 Å². The molecule has 0 heterocycles. The molecule has 0 fully saturated rings. The molecule has 0 aliphatic carbocycles. The lowest BCUT2D eigenvalue weighted by Crippen LogP contribution is -2.45. The van der Waals surface area contributed by atoms with Crippen LogP contribution in [-0.4, -0.2) is 37.4 Å². The molecule has 1 atom stereocenters. The van der Waals surface area contributed by atoms with E-state index >= 15 is 0 Å². The number of halogens is 1. The van der Waals surface area contributed by atoms with Crippen LogP contribution >= 0.6 is 0 Å². The van der Waals surface area contributed by atoms with Crippen LogP contribution in [-0.2, 0) is 20.7 Å². The van der Waals surface area contributed by atoms with Gasteiger partial charge in [0.2, 0.25) is 0 Å². The van der Waals surface area contributed by atoms with E-state index in [1.54, 1.807) is 27.7 Å². The molecule has 6 nitrogen and oxygen atoms in total. The Morgan fingerprint density at radius 2 is 1.96 bits per heavy atom. The quantitative estimate of drug-likeness (QED) is 0.806. The van der Waals surface area contributed by atoms with Gasteiger partial charge in [-0.1, -0.05) is 0 Å². The number of hydrogen-bond donors (Lipinski definition) is 1. The molecular formula is C17H24FNO5. The summed E-state index contributed by atoms with van der Waals surface area (Å²) in [6.45, 7) is 6.90. The van der Waals surface area contributed by atoms with Crippen LogP contribution in [0.1, 0.15) is 33.3 Å². The lowest BCUT2D eigenvalue weighted by molar-refractivity contribution is -0.145. The van der Waals surface area contributed by atoms with Gasteiger partial charge in [0.05, 0.1) is 13.7 Å². The molecule has 0 aliphatic rings. The molecule has 1 amide bonds. The average molecular weight is 341 g/mol. The zero-order valence-corrected chi connectivity index (χ0v) is 14.6. The van der Waals surface area contributed by atoms with Crippen molar-refractivity contribution in [2.45, 2.75) is 45.8 Å². The van der Waals surface area contributed by atoms with Gasteiger partial charge in [0.25, 0.3) is 0 Å². The summed E-state index contributed by atoms with van der Waals surface area (Å²) in [6.07, 6.45) is -0.856. The molecular weight excluding hydrogens is 317 g/mol. The first-order chi connectivity index (χ1) is 11.2. The second-order valence-corrected chi connectivity index (χ2v) is 6.11. The second-order valence-electron chi connectivity index (χ2n) is 6.11. The molecule has 0 bridgehead atoms. The Balaban J connectivity index is 2.94. The van der Waals surface area contributed by atoms with Gasteiger partial charge in [0.1, 0.15) is 23.2 Å². The number of amides is 1. The van der Waals surface area contributed by atoms with Crippen molar-refractivity contribution in [1.82, 2.24) is 5.32 Å². The Bertz CT molecular complexity index is 583. The summed E-state index contributed by atoms with van der Waals surface area (Å²) in [6, 6.07) is 3.11. The van der Waals surface area contributed by atoms with Crippen molar-refractivity contribution in [2.24, 2.45) is 0 Å². The molecule has 0 radical (unpaired) electrons. The van der Waals surface area contributed by atoms with Gasteiger partial charge in [0, 0.05) is 6.42 Å². The van der Waals surface area contributed by atoms with E-state index in [1.807, 2.05) is 0 Å². The van der Waals surface area contributed by atoms with Crippen LogP contribution in [0.15, 0.2) is 18.2 Å². The molecule has 1 aromatic carbocycles. The average Bonchev–Trinajstić information content (AvgIpc) is 2.47. The van der Waals surface area contributed by atoms with Crippen molar-refractivity contribution in [3.8, 4) is 5.75 Å². The number of esters is 1. The van der Waals surface area contributed by atoms with Gasteiger partial charge in [-0.25, -0.2) is 14.0 Å². The third-order valence-corrected chi connectivity index (χ3v) is 2.94. The first-order valence-electron chi connectivity index (χ1n) is 7.64. The monoisotopic (exact) mass is 341 g/mol. The van der Waals surface area contributed by atoms with Gasteiger partial charge in [-0.15, -0.1) is 0 Å². The highest BCUT2D eigenvalue weighted by atomic mass is 19.1. The summed E-state index contributed by atoms with van der Waals surface area (Å²) in [7, 11) is 1.46. The van der Waals surface area contributed by atoms with Crippen LogP contribution in [0.2, 0.25) is 0 Å². The molecule has 134 valence electrons. The highest BCUT2D eigenvalue weighted by molar-refractivity contribution is 5.81. The number of rotatable bonds is 6. The maximum Gasteiger partial charge on any atom is 0.408 e. The SMILES string of the molecule is CCOC(=O)C(Cc1cc(OC)ccc1F)NC(=O)OC(C)(C)C. The molecule has 1 aromatic rings. The van der Waals surface area contributed by atoms with Crippen LogP contribution in [0.25, 0.3) is 0 Å². The van der Waals surface area contributed by atoms with Crippen LogP contribution < -0.4 is 10.1 Å². The number of benzene rings is 1. The molecule has 0 saturated carbocycles. The molecule has 7 heteroatoms. The molecule has 0 spiro atoms. The Labute approximate surface area is 141 Å². The van der Waals surface area contributed by atoms with E-state index in [9.17, 15) is 14.0 Å². The van der Waals surface area contributed by atoms with Crippen molar-refractivity contribution in [3.05, 3.63) is 29.6 Å². The summed E-state index contributed by atoms with van der Waals surface area (Å²) >= 11 is 0. The molecule has 0 aliphatic heterocycles. The van der Waals surface area contributed by atoms with Gasteiger partial charge in [-0.05, 0) is 51.5 Å². The third-order valence-electron chi connectivity index (χ3n) is 2.94. The first kappa shape index (κ1) is 19.7. The lowest BCUT2D eigenvalue weighted by Gasteiger charge is -2.23. The Hall–Kier alpha value is -2.31. The van der Waals surface area contributed by atoms with Crippen LogP contribution in [0, 0.1) is 5.82 Å². The summed E-state index contributed by atoms with van der Waals surface area (Å²) < 4.78 is 29.1. The molecule has 24 heavy (non-hydrogen) atoms. The summed E-state index contributed by atoms with van der Waals surface area (Å²) in [4.78, 5) is 24.0. The Morgan fingerprint density at radius 1 is 1.29 bits per heavy atom. The van der Waals surface area contributed by atoms with E-state index in [0.29, 0.717) is 5.75 Å². The number of hydrogen-bond acceptors (Lipinski definition) is 5. The van der Waals surface area contributed by atoms with E-state index in [4.69, 9.17) is 14.2 Å². The molecule has 0 aromatic heterocycles. The van der Waals surface area contributed by atoms with Gasteiger partial charge in [0.15, 0.2) is 0 Å². The maximum absolute atomic E-state index is 14.0.